The highest BCUT2D eigenvalue weighted by atomic mass is 16.4. The van der Waals surface area contributed by atoms with Crippen molar-refractivity contribution >= 4 is 5.97 Å². The second-order valence-corrected chi connectivity index (χ2v) is 5.86. The molecule has 0 saturated carbocycles. The fourth-order valence-electron chi connectivity index (χ4n) is 2.76. The summed E-state index contributed by atoms with van der Waals surface area (Å²) in [6.07, 6.45) is 5.24. The minimum atomic E-state index is -0.827. The average molecular weight is 264 g/mol. The van der Waals surface area contributed by atoms with E-state index in [4.69, 9.17) is 5.11 Å². The second-order valence-electron chi connectivity index (χ2n) is 5.86. The molecule has 106 valence electrons. The van der Waals surface area contributed by atoms with E-state index >= 15 is 0 Å². The molecule has 1 aliphatic rings. The van der Waals surface area contributed by atoms with Gasteiger partial charge in [0.1, 0.15) is 5.69 Å². The van der Waals surface area contributed by atoms with Crippen LogP contribution in [0, 0.1) is 5.92 Å². The first-order chi connectivity index (χ1) is 9.08. The Labute approximate surface area is 115 Å². The molecule has 1 aliphatic heterocycles. The maximum absolute atomic E-state index is 11.1. The Hall–Kier alpha value is -1.29. The summed E-state index contributed by atoms with van der Waals surface area (Å²) in [6, 6.07) is 3.86. The Morgan fingerprint density at radius 1 is 1.42 bits per heavy atom. The minimum absolute atomic E-state index is 0.344. The quantitative estimate of drug-likeness (QED) is 0.889. The molecule has 1 N–H and O–H groups in total. The predicted octanol–water partition coefficient (Wildman–Crippen LogP) is 2.87. The van der Waals surface area contributed by atoms with Crippen molar-refractivity contribution in [2.24, 2.45) is 5.92 Å². The molecule has 19 heavy (non-hydrogen) atoms. The van der Waals surface area contributed by atoms with Gasteiger partial charge in [0.05, 0.1) is 0 Å². The number of piperidine rings is 1. The van der Waals surface area contributed by atoms with Crippen LogP contribution in [-0.2, 0) is 0 Å². The number of carbonyl (C=O) groups is 1. The van der Waals surface area contributed by atoms with Crippen molar-refractivity contribution < 1.29 is 9.90 Å². The third-order valence-corrected chi connectivity index (χ3v) is 3.97. The van der Waals surface area contributed by atoms with Crippen LogP contribution in [0.5, 0.6) is 0 Å². The van der Waals surface area contributed by atoms with Crippen LogP contribution >= 0.6 is 0 Å². The largest absolute Gasteiger partial charge is 0.477 e. The van der Waals surface area contributed by atoms with Crippen LogP contribution in [0.25, 0.3) is 0 Å². The van der Waals surface area contributed by atoms with E-state index in [1.54, 1.807) is 6.07 Å². The van der Waals surface area contributed by atoms with Gasteiger partial charge in [0.2, 0.25) is 0 Å². The molecule has 0 amide bonds. The van der Waals surface area contributed by atoms with Crippen molar-refractivity contribution in [2.75, 3.05) is 19.6 Å². The summed E-state index contributed by atoms with van der Waals surface area (Å²) >= 11 is 0. The van der Waals surface area contributed by atoms with E-state index in [1.807, 2.05) is 16.8 Å². The summed E-state index contributed by atoms with van der Waals surface area (Å²) in [5.74, 6) is -0.0759. The molecule has 4 heteroatoms. The number of aromatic carboxylic acids is 1. The molecule has 0 radical (unpaired) electrons. The number of rotatable bonds is 5. The first-order valence-electron chi connectivity index (χ1n) is 7.20. The number of aromatic nitrogens is 1. The zero-order valence-electron chi connectivity index (χ0n) is 11.9. The minimum Gasteiger partial charge on any atom is -0.477 e. The highest BCUT2D eigenvalue weighted by Gasteiger charge is 2.23. The van der Waals surface area contributed by atoms with Gasteiger partial charge in [0.15, 0.2) is 0 Å². The van der Waals surface area contributed by atoms with Gasteiger partial charge >= 0.3 is 5.97 Å². The number of carboxylic acid groups (broad SMARTS) is 1. The summed E-state index contributed by atoms with van der Waals surface area (Å²) in [4.78, 5) is 13.6. The summed E-state index contributed by atoms with van der Waals surface area (Å²) < 4.78 is 1.93. The van der Waals surface area contributed by atoms with Crippen LogP contribution in [0.4, 0.5) is 0 Å². The maximum Gasteiger partial charge on any atom is 0.352 e. The van der Waals surface area contributed by atoms with Gasteiger partial charge in [0.25, 0.3) is 0 Å². The van der Waals surface area contributed by atoms with Crippen molar-refractivity contribution in [1.82, 2.24) is 9.47 Å². The molecule has 1 aromatic heterocycles. The Balaban J connectivity index is 1.89. The van der Waals surface area contributed by atoms with Gasteiger partial charge in [-0.15, -0.1) is 0 Å². The van der Waals surface area contributed by atoms with E-state index in [0.717, 1.165) is 31.8 Å². The fraction of sp³-hybridized carbons (Fsp3) is 0.667. The molecule has 0 aliphatic carbocycles. The number of nitrogens with zero attached hydrogens (tertiary/aromatic N) is 2. The average Bonchev–Trinajstić information content (AvgIpc) is 2.86. The highest BCUT2D eigenvalue weighted by Crippen LogP contribution is 2.24. The molecule has 1 saturated heterocycles. The van der Waals surface area contributed by atoms with E-state index in [0.29, 0.717) is 11.7 Å². The Kier molecular flexibility index (Phi) is 4.64. The number of hydrogen-bond donors (Lipinski definition) is 1. The molecule has 0 unspecified atom stereocenters. The third-order valence-electron chi connectivity index (χ3n) is 3.97. The molecule has 0 bridgehead atoms. The lowest BCUT2D eigenvalue weighted by atomic mass is 10.0. The standard InChI is InChI=1S/C15H24N2O2/c1-12(2)5-9-16-10-6-13(7-11-16)17-8-3-4-14(17)15(18)19/h3-4,8,12-13H,5-7,9-11H2,1-2H3,(H,18,19). The van der Waals surface area contributed by atoms with Crippen LogP contribution < -0.4 is 0 Å². The van der Waals surface area contributed by atoms with Crippen molar-refractivity contribution in [1.29, 1.82) is 0 Å². The first-order valence-corrected chi connectivity index (χ1v) is 7.20. The van der Waals surface area contributed by atoms with Crippen LogP contribution in [-0.4, -0.2) is 40.2 Å². The monoisotopic (exact) mass is 264 g/mol. The molecule has 0 aromatic carbocycles. The normalized spacial score (nSPS) is 18.1. The maximum atomic E-state index is 11.1. The number of hydrogen-bond acceptors (Lipinski definition) is 2. The van der Waals surface area contributed by atoms with Gasteiger partial charge in [-0.05, 0) is 43.9 Å². The van der Waals surface area contributed by atoms with Crippen molar-refractivity contribution in [2.45, 2.75) is 39.2 Å². The van der Waals surface area contributed by atoms with Crippen LogP contribution in [0.15, 0.2) is 18.3 Å². The Bertz CT molecular complexity index is 418. The van der Waals surface area contributed by atoms with E-state index in [1.165, 1.54) is 13.0 Å². The Morgan fingerprint density at radius 3 is 2.68 bits per heavy atom. The molecule has 4 nitrogen and oxygen atoms in total. The zero-order valence-corrected chi connectivity index (χ0v) is 11.9. The van der Waals surface area contributed by atoms with E-state index in [9.17, 15) is 4.79 Å². The van der Waals surface area contributed by atoms with Gasteiger partial charge in [-0.1, -0.05) is 13.8 Å². The summed E-state index contributed by atoms with van der Waals surface area (Å²) in [7, 11) is 0. The lowest BCUT2D eigenvalue weighted by Gasteiger charge is -2.33. The van der Waals surface area contributed by atoms with Gasteiger partial charge in [-0.2, -0.15) is 0 Å². The molecule has 0 spiro atoms. The van der Waals surface area contributed by atoms with Gasteiger partial charge in [-0.3, -0.25) is 0 Å². The molecule has 1 aromatic rings. The lowest BCUT2D eigenvalue weighted by Crippen LogP contribution is -2.36. The van der Waals surface area contributed by atoms with Gasteiger partial charge < -0.3 is 14.6 Å². The van der Waals surface area contributed by atoms with Crippen LogP contribution in [0.2, 0.25) is 0 Å². The van der Waals surface area contributed by atoms with E-state index < -0.39 is 5.97 Å². The molecule has 2 heterocycles. The molecule has 2 rings (SSSR count). The van der Waals surface area contributed by atoms with Crippen LogP contribution in [0.3, 0.4) is 0 Å². The van der Waals surface area contributed by atoms with Crippen molar-refractivity contribution in [3.63, 3.8) is 0 Å². The summed E-state index contributed by atoms with van der Waals surface area (Å²) in [5.41, 5.74) is 0.417. The van der Waals surface area contributed by atoms with Crippen molar-refractivity contribution in [3.8, 4) is 0 Å². The zero-order chi connectivity index (χ0) is 13.8. The number of carboxylic acids is 1. The van der Waals surface area contributed by atoms with Gasteiger partial charge in [0, 0.05) is 25.3 Å². The lowest BCUT2D eigenvalue weighted by molar-refractivity contribution is 0.0678. The predicted molar refractivity (Wildman–Crippen MR) is 75.6 cm³/mol. The Morgan fingerprint density at radius 2 is 2.11 bits per heavy atom. The summed E-state index contributed by atoms with van der Waals surface area (Å²) in [5, 5.41) is 9.15. The van der Waals surface area contributed by atoms with E-state index in [2.05, 4.69) is 18.7 Å². The highest BCUT2D eigenvalue weighted by molar-refractivity contribution is 5.85. The van der Waals surface area contributed by atoms with Crippen molar-refractivity contribution in [3.05, 3.63) is 24.0 Å². The molecule has 0 atom stereocenters. The molecular weight excluding hydrogens is 240 g/mol. The summed E-state index contributed by atoms with van der Waals surface area (Å²) in [6.45, 7) is 7.84. The van der Waals surface area contributed by atoms with Gasteiger partial charge in [-0.25, -0.2) is 4.79 Å². The first kappa shape index (κ1) is 14.1. The third kappa shape index (κ3) is 3.60. The van der Waals surface area contributed by atoms with Crippen LogP contribution in [0.1, 0.15) is 49.6 Å². The number of likely N-dealkylation sites (tertiary alicyclic amines) is 1. The topological polar surface area (TPSA) is 45.5 Å². The SMILES string of the molecule is CC(C)CCN1CCC(n2cccc2C(=O)O)CC1. The van der Waals surface area contributed by atoms with E-state index in [-0.39, 0.29) is 0 Å². The molecule has 1 fully saturated rings. The molecular formula is C15H24N2O2. The fourth-order valence-corrected chi connectivity index (χ4v) is 2.76. The smallest absolute Gasteiger partial charge is 0.352 e. The second kappa shape index (κ2) is 6.24.